The summed E-state index contributed by atoms with van der Waals surface area (Å²) in [4.78, 5) is 29.3. The van der Waals surface area contributed by atoms with Gasteiger partial charge < -0.3 is 0 Å². The molecule has 0 aromatic heterocycles. The molecule has 174 valence electrons. The van der Waals surface area contributed by atoms with Crippen molar-refractivity contribution in [3.05, 3.63) is 91.9 Å². The van der Waals surface area contributed by atoms with E-state index in [-0.39, 0.29) is 22.6 Å². The molecular formula is C26H22Br2N2O2S2. The number of hydrogen-bond donors (Lipinski definition) is 0. The predicted molar refractivity (Wildman–Crippen MR) is 150 cm³/mol. The first kappa shape index (κ1) is 24.0. The predicted octanol–water partition coefficient (Wildman–Crippen LogP) is 7.39. The molecule has 5 rings (SSSR count). The Hall–Kier alpha value is -1.74. The van der Waals surface area contributed by atoms with Crippen molar-refractivity contribution in [2.45, 2.75) is 24.6 Å². The number of anilines is 2. The third-order valence-electron chi connectivity index (χ3n) is 6.08. The van der Waals surface area contributed by atoms with Gasteiger partial charge in [0.15, 0.2) is 0 Å². The van der Waals surface area contributed by atoms with Crippen molar-refractivity contribution in [1.82, 2.24) is 0 Å². The van der Waals surface area contributed by atoms with Gasteiger partial charge in [-0.1, -0.05) is 56.1 Å². The fourth-order valence-electron chi connectivity index (χ4n) is 4.28. The maximum absolute atomic E-state index is 12.8. The lowest BCUT2D eigenvalue weighted by Gasteiger charge is -2.27. The zero-order valence-electron chi connectivity index (χ0n) is 18.6. The molecule has 8 heteroatoms. The van der Waals surface area contributed by atoms with Gasteiger partial charge in [-0.15, -0.1) is 23.5 Å². The lowest BCUT2D eigenvalue weighted by Crippen LogP contribution is -2.28. The molecule has 2 amide bonds. The molecule has 4 nitrogen and oxygen atoms in total. The first-order valence-electron chi connectivity index (χ1n) is 10.8. The van der Waals surface area contributed by atoms with Crippen LogP contribution in [-0.2, 0) is 9.59 Å². The monoisotopic (exact) mass is 616 g/mol. The molecule has 0 radical (unpaired) electrons. The summed E-state index contributed by atoms with van der Waals surface area (Å²) in [5.74, 6) is 1.17. The lowest BCUT2D eigenvalue weighted by molar-refractivity contribution is -0.116. The molecule has 2 aliphatic rings. The van der Waals surface area contributed by atoms with Gasteiger partial charge in [-0.05, 0) is 72.5 Å². The summed E-state index contributed by atoms with van der Waals surface area (Å²) < 4.78 is 2.07. The summed E-state index contributed by atoms with van der Waals surface area (Å²) in [7, 11) is 0. The number of carbonyl (C=O) groups is 2. The molecule has 34 heavy (non-hydrogen) atoms. The summed E-state index contributed by atoms with van der Waals surface area (Å²) in [6.45, 7) is 4.06. The Bertz CT molecular complexity index is 1180. The smallest absolute Gasteiger partial charge is 0.238 e. The van der Waals surface area contributed by atoms with Crippen LogP contribution in [0, 0.1) is 13.8 Å². The average Bonchev–Trinajstić information content (AvgIpc) is 3.40. The molecule has 2 atom stereocenters. The molecule has 3 aromatic rings. The quantitative estimate of drug-likeness (QED) is 0.306. The number of nitrogens with zero attached hydrogens (tertiary/aromatic N) is 2. The first-order chi connectivity index (χ1) is 16.3. The van der Waals surface area contributed by atoms with Crippen LogP contribution in [-0.4, -0.2) is 23.3 Å². The molecule has 2 heterocycles. The fraction of sp³-hybridized carbons (Fsp3) is 0.231. The molecule has 0 spiro atoms. The highest BCUT2D eigenvalue weighted by Gasteiger charge is 2.36. The SMILES string of the molecule is Cc1cc(N2C(=O)CS[C@@H]2c2ccc([C@@H]3SCC(=O)N3c3ccc(Br)c(C)c3)cc2)ccc1Br. The van der Waals surface area contributed by atoms with Crippen LogP contribution < -0.4 is 9.80 Å². The van der Waals surface area contributed by atoms with Crippen molar-refractivity contribution in [2.75, 3.05) is 21.3 Å². The molecule has 2 fully saturated rings. The Kier molecular flexibility index (Phi) is 6.86. The van der Waals surface area contributed by atoms with Crippen molar-refractivity contribution in [1.29, 1.82) is 0 Å². The fourth-order valence-corrected chi connectivity index (χ4v) is 7.13. The van der Waals surface area contributed by atoms with Gasteiger partial charge in [0.1, 0.15) is 10.7 Å². The average molecular weight is 618 g/mol. The van der Waals surface area contributed by atoms with Gasteiger partial charge >= 0.3 is 0 Å². The number of amides is 2. The summed E-state index contributed by atoms with van der Waals surface area (Å²) in [6, 6.07) is 20.4. The summed E-state index contributed by atoms with van der Waals surface area (Å²) in [5, 5.41) is -0.129. The third kappa shape index (κ3) is 4.45. The van der Waals surface area contributed by atoms with Gasteiger partial charge in [0.25, 0.3) is 0 Å². The number of halogens is 2. The maximum atomic E-state index is 12.8. The molecule has 3 aromatic carbocycles. The van der Waals surface area contributed by atoms with E-state index in [9.17, 15) is 9.59 Å². The Labute approximate surface area is 224 Å². The number of aryl methyl sites for hydroxylation is 2. The molecular weight excluding hydrogens is 596 g/mol. The van der Waals surface area contributed by atoms with Crippen LogP contribution in [0.5, 0.6) is 0 Å². The second-order valence-corrected chi connectivity index (χ2v) is 12.2. The van der Waals surface area contributed by atoms with Crippen LogP contribution in [0.1, 0.15) is 33.0 Å². The third-order valence-corrected chi connectivity index (χ3v) is 10.3. The van der Waals surface area contributed by atoms with Crippen molar-refractivity contribution < 1.29 is 9.59 Å². The Morgan fingerprint density at radius 1 is 0.676 bits per heavy atom. The van der Waals surface area contributed by atoms with Crippen LogP contribution in [0.3, 0.4) is 0 Å². The highest BCUT2D eigenvalue weighted by atomic mass is 79.9. The van der Waals surface area contributed by atoms with Crippen molar-refractivity contribution in [3.8, 4) is 0 Å². The lowest BCUT2D eigenvalue weighted by atomic mass is 10.1. The van der Waals surface area contributed by atoms with E-state index in [1.54, 1.807) is 23.5 Å². The van der Waals surface area contributed by atoms with Gasteiger partial charge in [0.2, 0.25) is 11.8 Å². The number of rotatable bonds is 4. The van der Waals surface area contributed by atoms with E-state index in [0.717, 1.165) is 42.6 Å². The van der Waals surface area contributed by atoms with Crippen LogP contribution in [0.25, 0.3) is 0 Å². The second-order valence-electron chi connectivity index (χ2n) is 8.39. The van der Waals surface area contributed by atoms with Crippen molar-refractivity contribution in [3.63, 3.8) is 0 Å². The van der Waals surface area contributed by atoms with Gasteiger partial charge in [-0.3, -0.25) is 19.4 Å². The molecule has 0 bridgehead atoms. The zero-order valence-corrected chi connectivity index (χ0v) is 23.4. The van der Waals surface area contributed by atoms with Crippen LogP contribution >= 0.6 is 55.4 Å². The molecule has 2 aliphatic heterocycles. The summed E-state index contributed by atoms with van der Waals surface area (Å²) in [6.07, 6.45) is 0. The number of benzene rings is 3. The molecule has 0 N–H and O–H groups in total. The summed E-state index contributed by atoms with van der Waals surface area (Å²) in [5.41, 5.74) is 6.20. The number of carbonyl (C=O) groups excluding carboxylic acids is 2. The van der Waals surface area contributed by atoms with E-state index >= 15 is 0 Å². The summed E-state index contributed by atoms with van der Waals surface area (Å²) >= 11 is 10.4. The highest BCUT2D eigenvalue weighted by Crippen LogP contribution is 2.45. The second kappa shape index (κ2) is 9.72. The standard InChI is InChI=1S/C26H22Br2N2O2S2/c1-15-11-19(7-9-21(15)27)29-23(31)13-33-25(29)17-3-5-18(6-4-17)26-30(24(32)14-34-26)20-8-10-22(28)16(2)12-20/h3-12,25-26H,13-14H2,1-2H3/t25-,26+. The van der Waals surface area contributed by atoms with E-state index in [1.807, 2.05) is 60.0 Å². The van der Waals surface area contributed by atoms with E-state index < -0.39 is 0 Å². The maximum Gasteiger partial charge on any atom is 0.238 e. The zero-order chi connectivity index (χ0) is 24.0. The van der Waals surface area contributed by atoms with Crippen LogP contribution in [0.4, 0.5) is 11.4 Å². The molecule has 0 aliphatic carbocycles. The Morgan fingerprint density at radius 2 is 1.06 bits per heavy atom. The van der Waals surface area contributed by atoms with Gasteiger partial charge in [0, 0.05) is 20.3 Å². The molecule has 2 saturated heterocycles. The van der Waals surface area contributed by atoms with Crippen molar-refractivity contribution in [2.24, 2.45) is 0 Å². The molecule has 0 saturated carbocycles. The minimum atomic E-state index is -0.0646. The van der Waals surface area contributed by atoms with E-state index in [2.05, 4.69) is 56.1 Å². The number of hydrogen-bond acceptors (Lipinski definition) is 4. The van der Waals surface area contributed by atoms with E-state index in [1.165, 1.54) is 0 Å². The van der Waals surface area contributed by atoms with E-state index in [4.69, 9.17) is 0 Å². The largest absolute Gasteiger partial charge is 0.295 e. The topological polar surface area (TPSA) is 40.6 Å². The van der Waals surface area contributed by atoms with Crippen molar-refractivity contribution >= 4 is 78.6 Å². The van der Waals surface area contributed by atoms with E-state index in [0.29, 0.717) is 11.5 Å². The van der Waals surface area contributed by atoms with Gasteiger partial charge in [-0.2, -0.15) is 0 Å². The molecule has 0 unspecified atom stereocenters. The number of thioether (sulfide) groups is 2. The minimum Gasteiger partial charge on any atom is -0.295 e. The van der Waals surface area contributed by atoms with Crippen LogP contribution in [0.15, 0.2) is 69.6 Å². The van der Waals surface area contributed by atoms with Gasteiger partial charge in [0.05, 0.1) is 11.5 Å². The Balaban J connectivity index is 1.42. The minimum absolute atomic E-state index is 0.0646. The van der Waals surface area contributed by atoms with Crippen LogP contribution in [0.2, 0.25) is 0 Å². The Morgan fingerprint density at radius 3 is 1.41 bits per heavy atom. The highest BCUT2D eigenvalue weighted by molar-refractivity contribution is 9.10. The van der Waals surface area contributed by atoms with Gasteiger partial charge in [-0.25, -0.2) is 0 Å². The first-order valence-corrected chi connectivity index (χ1v) is 14.5. The normalized spacial score (nSPS) is 20.5.